The summed E-state index contributed by atoms with van der Waals surface area (Å²) in [5.74, 6) is -1.52. The Labute approximate surface area is 140 Å². The van der Waals surface area contributed by atoms with Crippen LogP contribution in [0.3, 0.4) is 0 Å². The van der Waals surface area contributed by atoms with E-state index in [1.54, 1.807) is 0 Å². The number of piperazine rings is 1. The molecule has 0 radical (unpaired) electrons. The zero-order chi connectivity index (χ0) is 17.7. The molecular weight excluding hydrogens is 318 g/mol. The molecule has 1 heterocycles. The van der Waals surface area contributed by atoms with Crippen molar-refractivity contribution in [1.82, 2.24) is 14.7 Å². The number of carbonyl (C=O) groups is 1. The number of β-amino-alcohol motifs (C(OH)–C–C–N with tert-alkyl or cyclic N) is 1. The third kappa shape index (κ3) is 5.70. The summed E-state index contributed by atoms with van der Waals surface area (Å²) in [5, 5.41) is 12.6. The highest BCUT2D eigenvalue weighted by atomic mass is 19.1. The van der Waals surface area contributed by atoms with Gasteiger partial charge in [-0.15, -0.1) is 0 Å². The van der Waals surface area contributed by atoms with Crippen LogP contribution in [0.25, 0.3) is 0 Å². The zero-order valence-electron chi connectivity index (χ0n) is 14.0. The fourth-order valence-electron chi connectivity index (χ4n) is 2.63. The Balaban J connectivity index is 1.80. The summed E-state index contributed by atoms with van der Waals surface area (Å²) in [6.07, 6.45) is -0.687. The molecule has 6 nitrogen and oxygen atoms in total. The molecule has 24 heavy (non-hydrogen) atoms. The Kier molecular flexibility index (Phi) is 6.47. The Morgan fingerprint density at radius 1 is 1.25 bits per heavy atom. The highest BCUT2D eigenvalue weighted by Crippen LogP contribution is 2.13. The summed E-state index contributed by atoms with van der Waals surface area (Å²) in [6, 6.07) is 2.28. The summed E-state index contributed by atoms with van der Waals surface area (Å²) in [6.45, 7) is 4.29. The number of nitrogens with zero attached hydrogens (tertiary/aromatic N) is 3. The smallest absolute Gasteiger partial charge is 0.321 e. The lowest BCUT2D eigenvalue weighted by atomic mass is 10.2. The fraction of sp³-hybridized carbons (Fsp3) is 0.562. The van der Waals surface area contributed by atoms with E-state index < -0.39 is 23.8 Å². The van der Waals surface area contributed by atoms with Gasteiger partial charge in [0.1, 0.15) is 11.6 Å². The Bertz CT molecular complexity index is 545. The zero-order valence-corrected chi connectivity index (χ0v) is 14.0. The minimum atomic E-state index is -0.761. The van der Waals surface area contributed by atoms with Gasteiger partial charge in [0.15, 0.2) is 0 Å². The standard InChI is InChI=1S/C16H24F2N4O2/c1-20-3-5-22(6-4-20)11-15(23)10-21(2)16(24)19-14-8-12(17)7-13(18)9-14/h7-9,15,23H,3-6,10-11H2,1-2H3,(H,19,24)/t15-/m0/s1. The number of amides is 2. The first kappa shape index (κ1) is 18.6. The van der Waals surface area contributed by atoms with Gasteiger partial charge in [-0.25, -0.2) is 13.6 Å². The van der Waals surface area contributed by atoms with Crippen molar-refractivity contribution in [3.05, 3.63) is 29.8 Å². The second kappa shape index (κ2) is 8.36. The van der Waals surface area contributed by atoms with Gasteiger partial charge in [-0.1, -0.05) is 0 Å². The molecule has 0 unspecified atom stereocenters. The molecule has 0 bridgehead atoms. The summed E-state index contributed by atoms with van der Waals surface area (Å²) < 4.78 is 26.2. The third-order valence-electron chi connectivity index (χ3n) is 4.01. The van der Waals surface area contributed by atoms with Gasteiger partial charge < -0.3 is 20.2 Å². The fourth-order valence-corrected chi connectivity index (χ4v) is 2.63. The van der Waals surface area contributed by atoms with Crippen LogP contribution in [-0.2, 0) is 0 Å². The van der Waals surface area contributed by atoms with Crippen LogP contribution in [0.1, 0.15) is 0 Å². The average molecular weight is 342 g/mol. The first-order valence-corrected chi connectivity index (χ1v) is 7.90. The van der Waals surface area contributed by atoms with Gasteiger partial charge in [-0.2, -0.15) is 0 Å². The number of aliphatic hydroxyl groups excluding tert-OH is 1. The van der Waals surface area contributed by atoms with Gasteiger partial charge in [0, 0.05) is 58.1 Å². The SMILES string of the molecule is CN1CCN(C[C@@H](O)CN(C)C(=O)Nc2cc(F)cc(F)c2)CC1. The van der Waals surface area contributed by atoms with Crippen molar-refractivity contribution in [1.29, 1.82) is 0 Å². The molecule has 0 aromatic heterocycles. The monoisotopic (exact) mass is 342 g/mol. The molecule has 1 aliphatic rings. The topological polar surface area (TPSA) is 59.1 Å². The van der Waals surface area contributed by atoms with Crippen LogP contribution in [-0.4, -0.2) is 85.3 Å². The molecule has 1 aromatic rings. The number of rotatable bonds is 5. The number of likely N-dealkylation sites (N-methyl/N-ethyl adjacent to an activating group) is 2. The molecule has 0 saturated carbocycles. The minimum absolute atomic E-state index is 0.0397. The Morgan fingerprint density at radius 2 is 1.83 bits per heavy atom. The van der Waals surface area contributed by atoms with Crippen molar-refractivity contribution in [2.45, 2.75) is 6.10 Å². The largest absolute Gasteiger partial charge is 0.390 e. The summed E-state index contributed by atoms with van der Waals surface area (Å²) >= 11 is 0. The molecule has 1 aromatic carbocycles. The van der Waals surface area contributed by atoms with Crippen molar-refractivity contribution >= 4 is 11.7 Å². The van der Waals surface area contributed by atoms with Gasteiger partial charge in [0.2, 0.25) is 0 Å². The summed E-state index contributed by atoms with van der Waals surface area (Å²) in [4.78, 5) is 17.7. The van der Waals surface area contributed by atoms with E-state index in [4.69, 9.17) is 0 Å². The van der Waals surface area contributed by atoms with Crippen molar-refractivity contribution in [2.24, 2.45) is 0 Å². The molecule has 2 rings (SSSR count). The van der Waals surface area contributed by atoms with Crippen LogP contribution >= 0.6 is 0 Å². The predicted octanol–water partition coefficient (Wildman–Crippen LogP) is 1.04. The van der Waals surface area contributed by atoms with Crippen LogP contribution in [0.4, 0.5) is 19.3 Å². The molecule has 1 atom stereocenters. The van der Waals surface area contributed by atoms with E-state index in [9.17, 15) is 18.7 Å². The van der Waals surface area contributed by atoms with Gasteiger partial charge in [-0.3, -0.25) is 4.90 Å². The molecular formula is C16H24F2N4O2. The number of carbonyl (C=O) groups excluding carboxylic acids is 1. The lowest BCUT2D eigenvalue weighted by molar-refractivity contribution is 0.0670. The molecule has 0 spiro atoms. The van der Waals surface area contributed by atoms with E-state index in [0.29, 0.717) is 6.54 Å². The van der Waals surface area contributed by atoms with Gasteiger partial charge >= 0.3 is 6.03 Å². The Hall–Kier alpha value is -1.77. The summed E-state index contributed by atoms with van der Waals surface area (Å²) in [5.41, 5.74) is 0.0397. The number of aliphatic hydroxyl groups is 1. The van der Waals surface area contributed by atoms with Crippen molar-refractivity contribution in [2.75, 3.05) is 58.7 Å². The second-order valence-corrected chi connectivity index (χ2v) is 6.23. The van der Waals surface area contributed by atoms with Crippen molar-refractivity contribution in [3.8, 4) is 0 Å². The first-order valence-electron chi connectivity index (χ1n) is 7.90. The number of hydrogen-bond acceptors (Lipinski definition) is 4. The molecule has 8 heteroatoms. The summed E-state index contributed by atoms with van der Waals surface area (Å²) in [7, 11) is 3.58. The number of anilines is 1. The van der Waals surface area contributed by atoms with Crippen LogP contribution < -0.4 is 5.32 Å². The molecule has 2 amide bonds. The second-order valence-electron chi connectivity index (χ2n) is 6.23. The highest BCUT2D eigenvalue weighted by Gasteiger charge is 2.19. The number of urea groups is 1. The predicted molar refractivity (Wildman–Crippen MR) is 88.0 cm³/mol. The van der Waals surface area contributed by atoms with Crippen LogP contribution in [0.2, 0.25) is 0 Å². The minimum Gasteiger partial charge on any atom is -0.390 e. The average Bonchev–Trinajstić information content (AvgIpc) is 2.48. The van der Waals surface area contributed by atoms with E-state index in [1.807, 2.05) is 0 Å². The normalized spacial score (nSPS) is 17.5. The molecule has 1 fully saturated rings. The van der Waals surface area contributed by atoms with E-state index in [2.05, 4.69) is 22.2 Å². The number of benzene rings is 1. The molecule has 0 aliphatic carbocycles. The number of halogens is 2. The van der Waals surface area contributed by atoms with Crippen LogP contribution in [0.15, 0.2) is 18.2 Å². The molecule has 1 aliphatic heterocycles. The quantitative estimate of drug-likeness (QED) is 0.839. The van der Waals surface area contributed by atoms with Crippen molar-refractivity contribution < 1.29 is 18.7 Å². The number of hydrogen-bond donors (Lipinski definition) is 2. The van der Waals surface area contributed by atoms with Gasteiger partial charge in [0.25, 0.3) is 0 Å². The maximum atomic E-state index is 13.1. The maximum Gasteiger partial charge on any atom is 0.321 e. The van der Waals surface area contributed by atoms with Gasteiger partial charge in [-0.05, 0) is 19.2 Å². The van der Waals surface area contributed by atoms with E-state index in [-0.39, 0.29) is 12.2 Å². The van der Waals surface area contributed by atoms with Crippen LogP contribution in [0.5, 0.6) is 0 Å². The van der Waals surface area contributed by atoms with E-state index in [0.717, 1.165) is 44.4 Å². The molecule has 134 valence electrons. The maximum absolute atomic E-state index is 13.1. The third-order valence-corrected chi connectivity index (χ3v) is 4.01. The van der Waals surface area contributed by atoms with E-state index in [1.165, 1.54) is 11.9 Å². The first-order chi connectivity index (χ1) is 11.3. The van der Waals surface area contributed by atoms with Crippen molar-refractivity contribution in [3.63, 3.8) is 0 Å². The lowest BCUT2D eigenvalue weighted by Gasteiger charge is -2.34. The molecule has 2 N–H and O–H groups in total. The Morgan fingerprint density at radius 3 is 2.42 bits per heavy atom. The van der Waals surface area contributed by atoms with Crippen LogP contribution in [0, 0.1) is 11.6 Å². The van der Waals surface area contributed by atoms with Gasteiger partial charge in [0.05, 0.1) is 6.10 Å². The molecule has 1 saturated heterocycles. The lowest BCUT2D eigenvalue weighted by Crippen LogP contribution is -2.49. The highest BCUT2D eigenvalue weighted by molar-refractivity contribution is 5.89. The van der Waals surface area contributed by atoms with E-state index >= 15 is 0 Å². The number of nitrogens with one attached hydrogen (secondary N) is 1.